The van der Waals surface area contributed by atoms with E-state index in [4.69, 9.17) is 9.47 Å². The summed E-state index contributed by atoms with van der Waals surface area (Å²) in [4.78, 5) is 31.2. The average molecular weight is 432 g/mol. The summed E-state index contributed by atoms with van der Waals surface area (Å²) in [6, 6.07) is 8.83. The summed E-state index contributed by atoms with van der Waals surface area (Å²) < 4.78 is 11.8. The summed E-state index contributed by atoms with van der Waals surface area (Å²) in [5.74, 6) is -0.275. The molecule has 4 rings (SSSR count). The zero-order valence-electron chi connectivity index (χ0n) is 16.5. The number of fused-ring (bicyclic) bond motifs is 1. The Morgan fingerprint density at radius 1 is 1.23 bits per heavy atom. The van der Waals surface area contributed by atoms with Gasteiger partial charge in [-0.2, -0.15) is 0 Å². The van der Waals surface area contributed by atoms with Gasteiger partial charge in [-0.3, -0.25) is 9.59 Å². The lowest BCUT2D eigenvalue weighted by Crippen LogP contribution is -2.57. The standard InChI is InChI=1S/C21H25N3O5S/c25-15-11-24(20(27)14-4-2-1-3-5-14)17-7-6-16(29-18(17)13-28-12-15)10-19(26)23-21-22-8-9-30-21/h1-5,8-9,15-18,25H,6-7,10-13H2,(H,22,23,26)/t15-,16-,17-,18+/m0/s1. The minimum Gasteiger partial charge on any atom is -0.389 e. The van der Waals surface area contributed by atoms with Crippen molar-refractivity contribution >= 4 is 28.3 Å². The molecule has 9 heteroatoms. The molecule has 0 bridgehead atoms. The Morgan fingerprint density at radius 2 is 2.07 bits per heavy atom. The average Bonchev–Trinajstić information content (AvgIpc) is 3.24. The second kappa shape index (κ2) is 9.65. The number of ether oxygens (including phenoxy) is 2. The summed E-state index contributed by atoms with van der Waals surface area (Å²) in [7, 11) is 0. The van der Waals surface area contributed by atoms with Gasteiger partial charge in [0.25, 0.3) is 5.91 Å². The molecule has 0 aliphatic carbocycles. The molecule has 2 aliphatic heterocycles. The van der Waals surface area contributed by atoms with E-state index in [0.717, 1.165) is 0 Å². The molecule has 160 valence electrons. The number of aromatic nitrogens is 1. The van der Waals surface area contributed by atoms with Crippen molar-refractivity contribution in [1.29, 1.82) is 0 Å². The maximum Gasteiger partial charge on any atom is 0.254 e. The van der Waals surface area contributed by atoms with Crippen molar-refractivity contribution in [2.45, 2.75) is 43.6 Å². The molecule has 0 radical (unpaired) electrons. The van der Waals surface area contributed by atoms with Crippen LogP contribution in [0.1, 0.15) is 29.6 Å². The Hall–Kier alpha value is -2.33. The molecular weight excluding hydrogens is 406 g/mol. The van der Waals surface area contributed by atoms with Crippen LogP contribution in [0.4, 0.5) is 5.13 Å². The van der Waals surface area contributed by atoms with Crippen molar-refractivity contribution in [3.8, 4) is 0 Å². The van der Waals surface area contributed by atoms with Gasteiger partial charge in [0.1, 0.15) is 6.10 Å². The number of hydrogen-bond donors (Lipinski definition) is 2. The number of anilines is 1. The van der Waals surface area contributed by atoms with Crippen LogP contribution in [0.3, 0.4) is 0 Å². The summed E-state index contributed by atoms with van der Waals surface area (Å²) in [5.41, 5.74) is 0.579. The number of thiazole rings is 1. The SMILES string of the molecule is O=C(C[C@@H]1CC[C@H]2[C@@H](COC[C@@H](O)CN2C(=O)c2ccccc2)O1)Nc1nccs1. The number of β-amino-alcohol motifs (C(OH)–C–C–N with tert-alkyl or cyclic N) is 1. The first-order valence-corrected chi connectivity index (χ1v) is 10.9. The van der Waals surface area contributed by atoms with Crippen molar-refractivity contribution < 1.29 is 24.2 Å². The van der Waals surface area contributed by atoms with Crippen LogP contribution in [0.25, 0.3) is 0 Å². The molecule has 0 spiro atoms. The number of aliphatic hydroxyl groups excluding tert-OH is 1. The number of rotatable bonds is 4. The number of hydrogen-bond acceptors (Lipinski definition) is 7. The van der Waals surface area contributed by atoms with Crippen LogP contribution in [0.15, 0.2) is 41.9 Å². The Bertz CT molecular complexity index is 848. The van der Waals surface area contributed by atoms with Crippen molar-refractivity contribution in [2.24, 2.45) is 0 Å². The Kier molecular flexibility index (Phi) is 6.73. The van der Waals surface area contributed by atoms with Crippen LogP contribution < -0.4 is 5.32 Å². The number of carbonyl (C=O) groups is 2. The predicted molar refractivity (Wildman–Crippen MR) is 111 cm³/mol. The Balaban J connectivity index is 1.43. The minimum atomic E-state index is -0.750. The van der Waals surface area contributed by atoms with E-state index in [2.05, 4.69) is 10.3 Å². The van der Waals surface area contributed by atoms with Gasteiger partial charge in [-0.25, -0.2) is 4.98 Å². The first-order valence-electron chi connectivity index (χ1n) is 10.1. The third-order valence-corrected chi connectivity index (χ3v) is 6.04. The smallest absolute Gasteiger partial charge is 0.254 e. The third-order valence-electron chi connectivity index (χ3n) is 5.35. The van der Waals surface area contributed by atoms with Crippen molar-refractivity contribution in [1.82, 2.24) is 9.88 Å². The fourth-order valence-corrected chi connectivity index (χ4v) is 4.53. The third kappa shape index (κ3) is 5.04. The van der Waals surface area contributed by atoms with Crippen molar-refractivity contribution in [3.63, 3.8) is 0 Å². The maximum atomic E-state index is 13.2. The van der Waals surface area contributed by atoms with E-state index < -0.39 is 6.10 Å². The largest absolute Gasteiger partial charge is 0.389 e. The fraction of sp³-hybridized carbons (Fsp3) is 0.476. The zero-order chi connectivity index (χ0) is 20.9. The van der Waals surface area contributed by atoms with Gasteiger partial charge >= 0.3 is 0 Å². The van der Waals surface area contributed by atoms with Crippen LogP contribution in [-0.2, 0) is 14.3 Å². The van der Waals surface area contributed by atoms with Crippen molar-refractivity contribution in [3.05, 3.63) is 47.5 Å². The molecular formula is C21H25N3O5S. The predicted octanol–water partition coefficient (Wildman–Crippen LogP) is 1.92. The quantitative estimate of drug-likeness (QED) is 0.767. The van der Waals surface area contributed by atoms with E-state index in [0.29, 0.717) is 23.5 Å². The molecule has 0 unspecified atom stereocenters. The van der Waals surface area contributed by atoms with Crippen LogP contribution in [0.5, 0.6) is 0 Å². The van der Waals surface area contributed by atoms with Crippen LogP contribution in [0.2, 0.25) is 0 Å². The highest BCUT2D eigenvalue weighted by Gasteiger charge is 2.40. The molecule has 1 aromatic carbocycles. The van der Waals surface area contributed by atoms with Crippen LogP contribution >= 0.6 is 11.3 Å². The van der Waals surface area contributed by atoms with E-state index in [1.807, 2.05) is 18.2 Å². The normalized spacial score (nSPS) is 26.9. The van der Waals surface area contributed by atoms with Gasteiger partial charge in [-0.15, -0.1) is 11.3 Å². The highest BCUT2D eigenvalue weighted by atomic mass is 32.1. The number of amides is 2. The molecule has 2 fully saturated rings. The topological polar surface area (TPSA) is 101 Å². The van der Waals surface area contributed by atoms with Gasteiger partial charge < -0.3 is 24.8 Å². The van der Waals surface area contributed by atoms with E-state index in [-0.39, 0.29) is 56.2 Å². The maximum absolute atomic E-state index is 13.2. The van der Waals surface area contributed by atoms with E-state index in [1.165, 1.54) is 11.3 Å². The number of nitrogens with zero attached hydrogens (tertiary/aromatic N) is 2. The van der Waals surface area contributed by atoms with Gasteiger partial charge in [0.2, 0.25) is 5.91 Å². The minimum absolute atomic E-state index is 0.130. The summed E-state index contributed by atoms with van der Waals surface area (Å²) in [6.07, 6.45) is 1.82. The molecule has 2 aromatic rings. The van der Waals surface area contributed by atoms with Gasteiger partial charge in [0.05, 0.1) is 37.9 Å². The molecule has 0 saturated carbocycles. The Labute approximate surface area is 178 Å². The highest BCUT2D eigenvalue weighted by molar-refractivity contribution is 7.13. The number of aliphatic hydroxyl groups is 1. The van der Waals surface area contributed by atoms with E-state index in [9.17, 15) is 14.7 Å². The van der Waals surface area contributed by atoms with Crippen LogP contribution in [0, 0.1) is 0 Å². The van der Waals surface area contributed by atoms with Crippen molar-refractivity contribution in [2.75, 3.05) is 25.1 Å². The first kappa shape index (κ1) is 20.9. The van der Waals surface area contributed by atoms with Gasteiger partial charge in [0, 0.05) is 23.7 Å². The van der Waals surface area contributed by atoms with Gasteiger partial charge in [-0.05, 0) is 25.0 Å². The van der Waals surface area contributed by atoms with E-state index in [1.54, 1.807) is 28.6 Å². The van der Waals surface area contributed by atoms with E-state index >= 15 is 0 Å². The molecule has 8 nitrogen and oxygen atoms in total. The monoisotopic (exact) mass is 431 g/mol. The molecule has 1 aromatic heterocycles. The molecule has 30 heavy (non-hydrogen) atoms. The molecule has 4 atom stereocenters. The lowest BCUT2D eigenvalue weighted by molar-refractivity contribution is -0.149. The van der Waals surface area contributed by atoms with Gasteiger partial charge in [0.15, 0.2) is 5.13 Å². The number of benzene rings is 1. The summed E-state index contributed by atoms with van der Waals surface area (Å²) in [6.45, 7) is 0.596. The lowest BCUT2D eigenvalue weighted by Gasteiger charge is -2.44. The highest BCUT2D eigenvalue weighted by Crippen LogP contribution is 2.29. The Morgan fingerprint density at radius 3 is 2.83 bits per heavy atom. The molecule has 2 saturated heterocycles. The summed E-state index contributed by atoms with van der Waals surface area (Å²) >= 11 is 1.37. The fourth-order valence-electron chi connectivity index (χ4n) is 3.98. The number of nitrogens with one attached hydrogen (secondary N) is 1. The second-order valence-electron chi connectivity index (χ2n) is 7.55. The number of carbonyl (C=O) groups excluding carboxylic acids is 2. The molecule has 2 amide bonds. The molecule has 2 N–H and O–H groups in total. The first-order chi connectivity index (χ1) is 14.6. The zero-order valence-corrected chi connectivity index (χ0v) is 17.3. The lowest BCUT2D eigenvalue weighted by atomic mass is 9.94. The van der Waals surface area contributed by atoms with Gasteiger partial charge in [-0.1, -0.05) is 18.2 Å². The summed E-state index contributed by atoms with van der Waals surface area (Å²) in [5, 5.41) is 15.4. The molecule has 2 aliphatic rings. The second-order valence-corrected chi connectivity index (χ2v) is 8.44. The molecule has 3 heterocycles. The van der Waals surface area contributed by atoms with Crippen LogP contribution in [-0.4, -0.2) is 70.9 Å².